The molecular weight excluding hydrogens is 406 g/mol. The Balaban J connectivity index is 1.50. The maximum atomic E-state index is 12.9. The number of fused-ring (bicyclic) bond motifs is 1. The van der Waals surface area contributed by atoms with Crippen LogP contribution >= 0.6 is 0 Å². The minimum Gasteiger partial charge on any atom is -0.307 e. The summed E-state index contributed by atoms with van der Waals surface area (Å²) in [6, 6.07) is 17.9. The summed E-state index contributed by atoms with van der Waals surface area (Å²) in [7, 11) is 0. The van der Waals surface area contributed by atoms with Gasteiger partial charge in [0.1, 0.15) is 5.82 Å². The van der Waals surface area contributed by atoms with E-state index >= 15 is 0 Å². The summed E-state index contributed by atoms with van der Waals surface area (Å²) in [5.74, 6) is -0.701. The van der Waals surface area contributed by atoms with E-state index in [9.17, 15) is 14.4 Å². The predicted molar refractivity (Wildman–Crippen MR) is 117 cm³/mol. The number of amides is 3. The van der Waals surface area contributed by atoms with Crippen molar-refractivity contribution >= 4 is 23.5 Å². The molecule has 160 valence electrons. The largest absolute Gasteiger partial charge is 0.307 e. The fraction of sp³-hybridized carbons (Fsp3) is 0.208. The van der Waals surface area contributed by atoms with Gasteiger partial charge in [-0.2, -0.15) is 10.4 Å². The van der Waals surface area contributed by atoms with Gasteiger partial charge in [0, 0.05) is 18.2 Å². The Morgan fingerprint density at radius 2 is 1.78 bits per heavy atom. The van der Waals surface area contributed by atoms with E-state index in [0.29, 0.717) is 30.0 Å². The van der Waals surface area contributed by atoms with Gasteiger partial charge in [0.05, 0.1) is 35.9 Å². The molecule has 1 aliphatic heterocycles. The lowest BCUT2D eigenvalue weighted by Crippen LogP contribution is -2.31. The van der Waals surface area contributed by atoms with Gasteiger partial charge in [0.15, 0.2) is 0 Å². The van der Waals surface area contributed by atoms with Crippen molar-refractivity contribution in [1.82, 2.24) is 14.7 Å². The monoisotopic (exact) mass is 427 g/mol. The Labute approximate surface area is 185 Å². The van der Waals surface area contributed by atoms with Gasteiger partial charge >= 0.3 is 0 Å². The summed E-state index contributed by atoms with van der Waals surface area (Å²) in [5.41, 5.74) is 2.54. The molecule has 1 aliphatic rings. The smallest absolute Gasteiger partial charge is 0.261 e. The number of benzene rings is 2. The molecule has 0 atom stereocenters. The second-order valence-corrected chi connectivity index (χ2v) is 7.51. The first-order valence-electron chi connectivity index (χ1n) is 10.2. The maximum Gasteiger partial charge on any atom is 0.261 e. The van der Waals surface area contributed by atoms with Crippen molar-refractivity contribution in [1.29, 1.82) is 5.26 Å². The van der Waals surface area contributed by atoms with Crippen molar-refractivity contribution in [2.24, 2.45) is 0 Å². The zero-order valence-electron chi connectivity index (χ0n) is 17.5. The SMILES string of the molecule is Cc1cc(NC(=O)c2ccc3c(c2)C(=O)N(CCc2ccccc2)C3=O)n(CCC#N)n1. The lowest BCUT2D eigenvalue weighted by Gasteiger charge is -2.13. The molecule has 2 heterocycles. The Kier molecular flexibility index (Phi) is 5.81. The second kappa shape index (κ2) is 8.86. The van der Waals surface area contributed by atoms with Crippen LogP contribution in [0.3, 0.4) is 0 Å². The summed E-state index contributed by atoms with van der Waals surface area (Å²) >= 11 is 0. The minimum absolute atomic E-state index is 0.227. The van der Waals surface area contributed by atoms with E-state index < -0.39 is 11.8 Å². The number of nitriles is 1. The number of carbonyl (C=O) groups excluding carboxylic acids is 3. The van der Waals surface area contributed by atoms with Crippen LogP contribution in [0.25, 0.3) is 0 Å². The van der Waals surface area contributed by atoms with Gasteiger partial charge in [0.25, 0.3) is 17.7 Å². The van der Waals surface area contributed by atoms with Crippen molar-refractivity contribution in [2.75, 3.05) is 11.9 Å². The molecule has 0 unspecified atom stereocenters. The molecule has 8 heteroatoms. The van der Waals surface area contributed by atoms with Crippen LogP contribution < -0.4 is 5.32 Å². The topological polar surface area (TPSA) is 108 Å². The van der Waals surface area contributed by atoms with E-state index in [0.717, 1.165) is 5.56 Å². The third kappa shape index (κ3) is 4.14. The second-order valence-electron chi connectivity index (χ2n) is 7.51. The molecule has 0 radical (unpaired) electrons. The number of anilines is 1. The van der Waals surface area contributed by atoms with Crippen LogP contribution in [0.15, 0.2) is 54.6 Å². The number of nitrogens with zero attached hydrogens (tertiary/aromatic N) is 4. The van der Waals surface area contributed by atoms with Gasteiger partial charge in [-0.1, -0.05) is 30.3 Å². The number of hydrogen-bond donors (Lipinski definition) is 1. The van der Waals surface area contributed by atoms with Gasteiger partial charge < -0.3 is 5.32 Å². The highest BCUT2D eigenvalue weighted by Crippen LogP contribution is 2.25. The molecule has 0 spiro atoms. The molecule has 0 saturated carbocycles. The van der Waals surface area contributed by atoms with Crippen LogP contribution in [-0.2, 0) is 13.0 Å². The highest BCUT2D eigenvalue weighted by molar-refractivity contribution is 6.22. The first-order valence-corrected chi connectivity index (χ1v) is 10.2. The van der Waals surface area contributed by atoms with Crippen molar-refractivity contribution < 1.29 is 14.4 Å². The number of rotatable bonds is 7. The number of aromatic nitrogens is 2. The van der Waals surface area contributed by atoms with Crippen LogP contribution in [-0.4, -0.2) is 38.9 Å². The van der Waals surface area contributed by atoms with Crippen LogP contribution in [0.5, 0.6) is 0 Å². The zero-order valence-corrected chi connectivity index (χ0v) is 17.5. The Hall–Kier alpha value is -4.25. The summed E-state index contributed by atoms with van der Waals surface area (Å²) in [4.78, 5) is 39.6. The van der Waals surface area contributed by atoms with Crippen molar-refractivity contribution in [2.45, 2.75) is 26.3 Å². The van der Waals surface area contributed by atoms with Gasteiger partial charge in [-0.25, -0.2) is 4.68 Å². The van der Waals surface area contributed by atoms with Crippen molar-refractivity contribution in [3.8, 4) is 6.07 Å². The van der Waals surface area contributed by atoms with Gasteiger partial charge in [0.2, 0.25) is 0 Å². The highest BCUT2D eigenvalue weighted by Gasteiger charge is 2.35. The highest BCUT2D eigenvalue weighted by atomic mass is 16.2. The fourth-order valence-electron chi connectivity index (χ4n) is 3.68. The fourth-order valence-corrected chi connectivity index (χ4v) is 3.68. The molecule has 3 aromatic rings. The molecule has 2 aromatic carbocycles. The van der Waals surface area contributed by atoms with Gasteiger partial charge in [-0.3, -0.25) is 19.3 Å². The number of nitrogens with one attached hydrogen (secondary N) is 1. The van der Waals surface area contributed by atoms with E-state index in [4.69, 9.17) is 5.26 Å². The van der Waals surface area contributed by atoms with E-state index in [1.807, 2.05) is 30.3 Å². The van der Waals surface area contributed by atoms with E-state index in [-0.39, 0.29) is 30.0 Å². The van der Waals surface area contributed by atoms with Crippen molar-refractivity contribution in [3.63, 3.8) is 0 Å². The Morgan fingerprint density at radius 3 is 2.53 bits per heavy atom. The summed E-state index contributed by atoms with van der Waals surface area (Å²) in [6.45, 7) is 2.42. The standard InChI is InChI=1S/C24H21N5O3/c1-16-14-21(29(27-16)12-5-11-25)26-22(30)18-8-9-19-20(15-18)24(32)28(23(19)31)13-10-17-6-3-2-4-7-17/h2-4,6-9,14-15H,5,10,12-13H2,1H3,(H,26,30). The molecule has 8 nitrogen and oxygen atoms in total. The molecule has 1 aromatic heterocycles. The third-order valence-electron chi connectivity index (χ3n) is 5.28. The quantitative estimate of drug-likeness (QED) is 0.583. The van der Waals surface area contributed by atoms with E-state index in [2.05, 4.69) is 16.5 Å². The first kappa shape index (κ1) is 21.0. The minimum atomic E-state index is -0.422. The van der Waals surface area contributed by atoms with Crippen molar-refractivity contribution in [3.05, 3.63) is 82.5 Å². The Bertz CT molecular complexity index is 1240. The summed E-state index contributed by atoms with van der Waals surface area (Å²) in [5, 5.41) is 15.9. The van der Waals surface area contributed by atoms with E-state index in [1.54, 1.807) is 17.7 Å². The lowest BCUT2D eigenvalue weighted by atomic mass is 10.1. The lowest BCUT2D eigenvalue weighted by molar-refractivity contribution is 0.0656. The van der Waals surface area contributed by atoms with Gasteiger partial charge in [-0.15, -0.1) is 0 Å². The average molecular weight is 427 g/mol. The zero-order chi connectivity index (χ0) is 22.7. The molecule has 0 fully saturated rings. The molecule has 0 aliphatic carbocycles. The summed E-state index contributed by atoms with van der Waals surface area (Å²) < 4.78 is 1.56. The molecule has 32 heavy (non-hydrogen) atoms. The molecule has 0 bridgehead atoms. The first-order chi connectivity index (χ1) is 15.5. The summed E-state index contributed by atoms with van der Waals surface area (Å²) in [6.07, 6.45) is 0.823. The van der Waals surface area contributed by atoms with Crippen LogP contribution in [0.4, 0.5) is 5.82 Å². The normalized spacial score (nSPS) is 12.6. The average Bonchev–Trinajstić information content (AvgIpc) is 3.27. The third-order valence-corrected chi connectivity index (χ3v) is 5.28. The van der Waals surface area contributed by atoms with Gasteiger partial charge in [-0.05, 0) is 37.1 Å². The number of imide groups is 1. The maximum absolute atomic E-state index is 12.9. The molecule has 1 N–H and O–H groups in total. The van der Waals surface area contributed by atoms with Crippen LogP contribution in [0, 0.1) is 18.3 Å². The molecule has 3 amide bonds. The number of aryl methyl sites for hydroxylation is 2. The van der Waals surface area contributed by atoms with Crippen LogP contribution in [0.1, 0.15) is 48.8 Å². The van der Waals surface area contributed by atoms with Crippen LogP contribution in [0.2, 0.25) is 0 Å². The Morgan fingerprint density at radius 1 is 1.03 bits per heavy atom. The predicted octanol–water partition coefficient (Wildman–Crippen LogP) is 3.20. The number of hydrogen-bond acceptors (Lipinski definition) is 5. The molecule has 4 rings (SSSR count). The number of carbonyl (C=O) groups is 3. The molecule has 0 saturated heterocycles. The molecular formula is C24H21N5O3. The van der Waals surface area contributed by atoms with E-state index in [1.165, 1.54) is 23.1 Å².